The van der Waals surface area contributed by atoms with Crippen molar-refractivity contribution in [1.29, 1.82) is 0 Å². The molecular formula is C12H14ClN3O2S. The Labute approximate surface area is 116 Å². The second kappa shape index (κ2) is 5.22. The Morgan fingerprint density at radius 2 is 2.16 bits per heavy atom. The Kier molecular flexibility index (Phi) is 3.82. The van der Waals surface area contributed by atoms with Gasteiger partial charge in [-0.1, -0.05) is 11.6 Å². The third-order valence-corrected chi connectivity index (χ3v) is 4.81. The molecule has 7 heteroatoms. The van der Waals surface area contributed by atoms with E-state index in [-0.39, 0.29) is 16.3 Å². The highest BCUT2D eigenvalue weighted by atomic mass is 35.5. The number of halogens is 1. The van der Waals surface area contributed by atoms with E-state index in [2.05, 4.69) is 4.98 Å². The highest BCUT2D eigenvalue weighted by Gasteiger charge is 2.18. The zero-order valence-electron chi connectivity index (χ0n) is 10.4. The molecule has 19 heavy (non-hydrogen) atoms. The number of aromatic nitrogens is 2. The largest absolute Gasteiger partial charge is 0.398 e. The van der Waals surface area contributed by atoms with Crippen molar-refractivity contribution in [1.82, 2.24) is 9.55 Å². The lowest BCUT2D eigenvalue weighted by molar-refractivity contribution is 0.588. The van der Waals surface area contributed by atoms with Gasteiger partial charge in [0.25, 0.3) is 0 Å². The molecule has 1 heterocycles. The highest BCUT2D eigenvalue weighted by Crippen LogP contribution is 2.23. The van der Waals surface area contributed by atoms with Crippen LogP contribution in [0.4, 0.5) is 5.69 Å². The Hall–Kier alpha value is -1.53. The molecule has 0 aliphatic rings. The normalized spacial score (nSPS) is 11.7. The summed E-state index contributed by atoms with van der Waals surface area (Å²) >= 11 is 5.81. The number of nitrogens with two attached hydrogens (primary N) is 1. The predicted molar refractivity (Wildman–Crippen MR) is 74.9 cm³/mol. The van der Waals surface area contributed by atoms with E-state index in [4.69, 9.17) is 17.3 Å². The Bertz CT molecular complexity index is 695. The molecule has 102 valence electrons. The summed E-state index contributed by atoms with van der Waals surface area (Å²) in [7, 11) is -3.46. The topological polar surface area (TPSA) is 78.0 Å². The van der Waals surface area contributed by atoms with E-state index in [1.807, 2.05) is 6.92 Å². The summed E-state index contributed by atoms with van der Waals surface area (Å²) in [5, 5.41) is 0.353. The molecule has 5 nitrogen and oxygen atoms in total. The quantitative estimate of drug-likeness (QED) is 0.875. The van der Waals surface area contributed by atoms with Crippen molar-refractivity contribution in [2.24, 2.45) is 0 Å². The molecule has 0 atom stereocenters. The molecule has 0 unspecified atom stereocenters. The Balaban J connectivity index is 2.23. The van der Waals surface area contributed by atoms with Crippen LogP contribution in [0.1, 0.15) is 5.82 Å². The number of benzene rings is 1. The number of sulfone groups is 1. The minimum absolute atomic E-state index is 0.0469. The van der Waals surface area contributed by atoms with Crippen LogP contribution in [-0.4, -0.2) is 23.7 Å². The Morgan fingerprint density at radius 1 is 1.42 bits per heavy atom. The second-order valence-electron chi connectivity index (χ2n) is 4.17. The van der Waals surface area contributed by atoms with E-state index >= 15 is 0 Å². The standard InChI is InChI=1S/C12H14ClN3O2S/c1-9-15-4-5-16(9)6-7-19(17,18)12-8-10(13)2-3-11(12)14/h2-5,8H,6-7,14H2,1H3. The fourth-order valence-corrected chi connectivity index (χ4v) is 3.37. The molecule has 0 radical (unpaired) electrons. The highest BCUT2D eigenvalue weighted by molar-refractivity contribution is 7.91. The van der Waals surface area contributed by atoms with Crippen molar-refractivity contribution in [3.63, 3.8) is 0 Å². The maximum Gasteiger partial charge on any atom is 0.182 e. The molecule has 1 aromatic carbocycles. The lowest BCUT2D eigenvalue weighted by atomic mass is 10.3. The minimum Gasteiger partial charge on any atom is -0.398 e. The van der Waals surface area contributed by atoms with Crippen LogP contribution < -0.4 is 5.73 Å². The number of nitrogens with zero attached hydrogens (tertiary/aromatic N) is 2. The maximum absolute atomic E-state index is 12.2. The molecule has 0 aliphatic carbocycles. The first-order valence-electron chi connectivity index (χ1n) is 5.65. The first kappa shape index (κ1) is 13.9. The smallest absolute Gasteiger partial charge is 0.182 e. The van der Waals surface area contributed by atoms with Crippen molar-refractivity contribution >= 4 is 27.1 Å². The molecule has 0 aliphatic heterocycles. The fraction of sp³-hybridized carbons (Fsp3) is 0.250. The van der Waals surface area contributed by atoms with Crippen LogP contribution in [0, 0.1) is 6.92 Å². The summed E-state index contributed by atoms with van der Waals surface area (Å²) in [5.74, 6) is 0.726. The van der Waals surface area contributed by atoms with E-state index in [0.29, 0.717) is 11.6 Å². The maximum atomic E-state index is 12.2. The van der Waals surface area contributed by atoms with E-state index in [1.54, 1.807) is 23.0 Å². The third-order valence-electron chi connectivity index (χ3n) is 2.84. The van der Waals surface area contributed by atoms with Crippen LogP contribution in [0.3, 0.4) is 0 Å². The van der Waals surface area contributed by atoms with Gasteiger partial charge in [0.2, 0.25) is 0 Å². The summed E-state index contributed by atoms with van der Waals surface area (Å²) < 4.78 is 26.3. The number of imidazole rings is 1. The monoisotopic (exact) mass is 299 g/mol. The Morgan fingerprint density at radius 3 is 2.79 bits per heavy atom. The lowest BCUT2D eigenvalue weighted by Gasteiger charge is -2.09. The SMILES string of the molecule is Cc1nccn1CCS(=O)(=O)c1cc(Cl)ccc1N. The molecule has 0 bridgehead atoms. The summed E-state index contributed by atoms with van der Waals surface area (Å²) in [5.41, 5.74) is 5.91. The molecule has 2 rings (SSSR count). The number of nitrogen functional groups attached to an aromatic ring is 1. The summed E-state index contributed by atoms with van der Waals surface area (Å²) in [6.07, 6.45) is 3.38. The molecule has 2 aromatic rings. The van der Waals surface area contributed by atoms with Gasteiger partial charge in [-0.2, -0.15) is 0 Å². The fourth-order valence-electron chi connectivity index (χ4n) is 1.75. The van der Waals surface area contributed by atoms with Crippen molar-refractivity contribution < 1.29 is 8.42 Å². The van der Waals surface area contributed by atoms with Crippen LogP contribution in [0.25, 0.3) is 0 Å². The van der Waals surface area contributed by atoms with Gasteiger partial charge in [-0.3, -0.25) is 0 Å². The first-order chi connectivity index (χ1) is 8.90. The number of hydrogen-bond acceptors (Lipinski definition) is 4. The van der Waals surface area contributed by atoms with Crippen molar-refractivity contribution in [3.05, 3.63) is 41.4 Å². The van der Waals surface area contributed by atoms with Gasteiger partial charge >= 0.3 is 0 Å². The molecule has 0 amide bonds. The van der Waals surface area contributed by atoms with Gasteiger partial charge in [0.1, 0.15) is 5.82 Å². The molecule has 2 N–H and O–H groups in total. The number of rotatable bonds is 4. The van der Waals surface area contributed by atoms with Crippen LogP contribution in [0.2, 0.25) is 5.02 Å². The molecule has 0 saturated carbocycles. The van der Waals surface area contributed by atoms with E-state index in [1.165, 1.54) is 12.1 Å². The molecule has 1 aromatic heterocycles. The van der Waals surface area contributed by atoms with Gasteiger partial charge in [0.15, 0.2) is 9.84 Å². The second-order valence-corrected chi connectivity index (χ2v) is 6.68. The van der Waals surface area contributed by atoms with Crippen molar-refractivity contribution in [2.75, 3.05) is 11.5 Å². The van der Waals surface area contributed by atoms with Gasteiger partial charge < -0.3 is 10.3 Å². The number of anilines is 1. The van der Waals surface area contributed by atoms with E-state index < -0.39 is 9.84 Å². The minimum atomic E-state index is -3.46. The van der Waals surface area contributed by atoms with E-state index in [9.17, 15) is 8.42 Å². The van der Waals surface area contributed by atoms with Gasteiger partial charge in [-0.05, 0) is 25.1 Å². The zero-order valence-corrected chi connectivity index (χ0v) is 11.9. The lowest BCUT2D eigenvalue weighted by Crippen LogP contribution is -2.15. The third kappa shape index (κ3) is 3.08. The zero-order chi connectivity index (χ0) is 14.0. The molecule has 0 fully saturated rings. The molecule has 0 spiro atoms. The van der Waals surface area contributed by atoms with Crippen LogP contribution in [-0.2, 0) is 16.4 Å². The van der Waals surface area contributed by atoms with Crippen LogP contribution >= 0.6 is 11.6 Å². The first-order valence-corrected chi connectivity index (χ1v) is 7.69. The van der Waals surface area contributed by atoms with Crippen molar-refractivity contribution in [3.8, 4) is 0 Å². The number of aryl methyl sites for hydroxylation is 2. The summed E-state index contributed by atoms with van der Waals surface area (Å²) in [6, 6.07) is 4.45. The average molecular weight is 300 g/mol. The van der Waals surface area contributed by atoms with Gasteiger partial charge in [-0.25, -0.2) is 13.4 Å². The van der Waals surface area contributed by atoms with Crippen LogP contribution in [0.15, 0.2) is 35.5 Å². The van der Waals surface area contributed by atoms with Gasteiger partial charge in [-0.15, -0.1) is 0 Å². The van der Waals surface area contributed by atoms with Crippen LogP contribution in [0.5, 0.6) is 0 Å². The van der Waals surface area contributed by atoms with E-state index in [0.717, 1.165) is 5.82 Å². The number of hydrogen-bond donors (Lipinski definition) is 1. The van der Waals surface area contributed by atoms with Crippen molar-refractivity contribution in [2.45, 2.75) is 18.4 Å². The predicted octanol–water partition coefficient (Wildman–Crippen LogP) is 1.90. The molecule has 0 saturated heterocycles. The summed E-state index contributed by atoms with van der Waals surface area (Å²) in [6.45, 7) is 2.15. The summed E-state index contributed by atoms with van der Waals surface area (Å²) in [4.78, 5) is 4.13. The average Bonchev–Trinajstić information content (AvgIpc) is 2.75. The van der Waals surface area contributed by atoms with Gasteiger partial charge in [0.05, 0.1) is 16.3 Å². The van der Waals surface area contributed by atoms with Gasteiger partial charge in [0, 0.05) is 24.0 Å². The molecular weight excluding hydrogens is 286 g/mol.